The number of hydrogen-bond donors (Lipinski definition) is 1. The van der Waals surface area contributed by atoms with Crippen molar-refractivity contribution in [1.82, 2.24) is 4.90 Å². The number of methoxy groups -OCH3 is 1. The predicted octanol–water partition coefficient (Wildman–Crippen LogP) is 4.15. The lowest BCUT2D eigenvalue weighted by molar-refractivity contribution is 0.0682. The summed E-state index contributed by atoms with van der Waals surface area (Å²) in [7, 11) is 1.66. The number of anilines is 1. The molecule has 0 unspecified atom stereocenters. The van der Waals surface area contributed by atoms with E-state index in [-0.39, 0.29) is 12.1 Å². The van der Waals surface area contributed by atoms with Crippen molar-refractivity contribution in [3.63, 3.8) is 0 Å². The summed E-state index contributed by atoms with van der Waals surface area (Å²) < 4.78 is 17.0. The summed E-state index contributed by atoms with van der Waals surface area (Å²) in [6.07, 6.45) is 3.06. The predicted molar refractivity (Wildman–Crippen MR) is 112 cm³/mol. The van der Waals surface area contributed by atoms with E-state index in [1.807, 2.05) is 42.2 Å². The number of benzene rings is 2. The molecule has 0 radical (unpaired) electrons. The molecular weight excluding hydrogens is 368 g/mol. The van der Waals surface area contributed by atoms with Crippen LogP contribution in [0.15, 0.2) is 36.4 Å². The number of nitrogens with one attached hydrogen (secondary N) is 1. The first-order valence-electron chi connectivity index (χ1n) is 10.2. The Labute approximate surface area is 171 Å². The van der Waals surface area contributed by atoms with Gasteiger partial charge in [0.05, 0.1) is 18.9 Å². The van der Waals surface area contributed by atoms with E-state index in [0.29, 0.717) is 31.1 Å². The van der Waals surface area contributed by atoms with Crippen molar-refractivity contribution in [1.29, 1.82) is 0 Å². The second-order valence-corrected chi connectivity index (χ2v) is 7.68. The Hall–Kier alpha value is -2.73. The van der Waals surface area contributed by atoms with Gasteiger partial charge in [0, 0.05) is 19.7 Å². The third kappa shape index (κ3) is 4.65. The highest BCUT2D eigenvalue weighted by Gasteiger charge is 2.23. The van der Waals surface area contributed by atoms with Gasteiger partial charge in [-0.3, -0.25) is 0 Å². The van der Waals surface area contributed by atoms with Crippen LogP contribution >= 0.6 is 0 Å². The van der Waals surface area contributed by atoms with Crippen molar-refractivity contribution in [3.8, 4) is 11.5 Å². The fraction of sp³-hybridized carbons (Fsp3) is 0.435. The topological polar surface area (TPSA) is 60.0 Å². The fourth-order valence-electron chi connectivity index (χ4n) is 3.84. The summed E-state index contributed by atoms with van der Waals surface area (Å²) in [4.78, 5) is 14.8. The minimum absolute atomic E-state index is 0.121. The Morgan fingerprint density at radius 1 is 1.24 bits per heavy atom. The minimum atomic E-state index is -0.121. The Morgan fingerprint density at radius 2 is 2.14 bits per heavy atom. The van der Waals surface area contributed by atoms with Crippen molar-refractivity contribution < 1.29 is 19.0 Å². The van der Waals surface area contributed by atoms with E-state index in [4.69, 9.17) is 14.2 Å². The van der Waals surface area contributed by atoms with Gasteiger partial charge < -0.3 is 24.4 Å². The van der Waals surface area contributed by atoms with Crippen molar-refractivity contribution >= 4 is 11.7 Å². The lowest BCUT2D eigenvalue weighted by atomic mass is 10.00. The average Bonchev–Trinajstić information content (AvgIpc) is 3.26. The molecular formula is C23H28N2O4. The molecule has 1 N–H and O–H groups in total. The molecule has 2 heterocycles. The maximum Gasteiger partial charge on any atom is 0.322 e. The van der Waals surface area contributed by atoms with Gasteiger partial charge in [-0.1, -0.05) is 12.1 Å². The zero-order chi connectivity index (χ0) is 20.2. The largest absolute Gasteiger partial charge is 0.497 e. The second-order valence-electron chi connectivity index (χ2n) is 7.68. The van der Waals surface area contributed by atoms with Crippen molar-refractivity contribution in [2.24, 2.45) is 0 Å². The van der Waals surface area contributed by atoms with Gasteiger partial charge in [0.25, 0.3) is 0 Å². The van der Waals surface area contributed by atoms with Crippen LogP contribution in [0.5, 0.6) is 11.5 Å². The lowest BCUT2D eigenvalue weighted by Crippen LogP contribution is -2.39. The van der Waals surface area contributed by atoms with E-state index >= 15 is 0 Å². The SMILES string of the molecule is COc1ccc2c(c1)CN(C(=O)Nc1ccc(C)cc1OC[C@@H]1CCCO1)CC2. The molecule has 1 fully saturated rings. The van der Waals surface area contributed by atoms with E-state index < -0.39 is 0 Å². The van der Waals surface area contributed by atoms with Crippen molar-refractivity contribution in [3.05, 3.63) is 53.1 Å². The van der Waals surface area contributed by atoms with Gasteiger partial charge in [0.15, 0.2) is 0 Å². The molecule has 0 saturated carbocycles. The van der Waals surface area contributed by atoms with E-state index in [2.05, 4.69) is 11.4 Å². The van der Waals surface area contributed by atoms with Crippen LogP contribution in [0.2, 0.25) is 0 Å². The zero-order valence-corrected chi connectivity index (χ0v) is 17.1. The summed E-state index contributed by atoms with van der Waals surface area (Å²) in [5, 5.41) is 3.03. The lowest BCUT2D eigenvalue weighted by Gasteiger charge is -2.29. The monoisotopic (exact) mass is 396 g/mol. The third-order valence-electron chi connectivity index (χ3n) is 5.54. The molecule has 0 aromatic heterocycles. The number of carbonyl (C=O) groups excluding carboxylic acids is 1. The summed E-state index contributed by atoms with van der Waals surface area (Å²) in [5.74, 6) is 1.50. The molecule has 29 heavy (non-hydrogen) atoms. The molecule has 1 saturated heterocycles. The Kier molecular flexibility index (Phi) is 5.90. The summed E-state index contributed by atoms with van der Waals surface area (Å²) in [6.45, 7) is 4.56. The molecule has 6 heteroatoms. The molecule has 0 bridgehead atoms. The van der Waals surface area contributed by atoms with Crippen LogP contribution in [-0.4, -0.2) is 43.9 Å². The molecule has 4 rings (SSSR count). The highest BCUT2D eigenvalue weighted by molar-refractivity contribution is 5.91. The molecule has 6 nitrogen and oxygen atoms in total. The summed E-state index contributed by atoms with van der Waals surface area (Å²) in [5.41, 5.74) is 4.18. The smallest absolute Gasteiger partial charge is 0.322 e. The van der Waals surface area contributed by atoms with Crippen LogP contribution in [0.4, 0.5) is 10.5 Å². The first-order chi connectivity index (χ1) is 14.1. The number of amides is 2. The molecule has 2 aromatic carbocycles. The number of aryl methyl sites for hydroxylation is 1. The maximum atomic E-state index is 12.9. The number of hydrogen-bond acceptors (Lipinski definition) is 4. The second kappa shape index (κ2) is 8.74. The molecule has 1 atom stereocenters. The van der Waals surface area contributed by atoms with Gasteiger partial charge in [-0.25, -0.2) is 4.79 Å². The molecule has 0 aliphatic carbocycles. The number of fused-ring (bicyclic) bond motifs is 1. The van der Waals surface area contributed by atoms with Crippen molar-refractivity contribution in [2.45, 2.75) is 38.8 Å². The van der Waals surface area contributed by atoms with E-state index in [9.17, 15) is 4.79 Å². The number of nitrogens with zero attached hydrogens (tertiary/aromatic N) is 1. The Morgan fingerprint density at radius 3 is 2.93 bits per heavy atom. The molecule has 2 aliphatic rings. The van der Waals surface area contributed by atoms with E-state index in [0.717, 1.165) is 42.7 Å². The third-order valence-corrected chi connectivity index (χ3v) is 5.54. The summed E-state index contributed by atoms with van der Waals surface area (Å²) >= 11 is 0. The van der Waals surface area contributed by atoms with E-state index in [1.54, 1.807) is 7.11 Å². The maximum absolute atomic E-state index is 12.9. The van der Waals surface area contributed by atoms with Crippen LogP contribution in [0, 0.1) is 6.92 Å². The normalized spacial score (nSPS) is 18.3. The minimum Gasteiger partial charge on any atom is -0.497 e. The summed E-state index contributed by atoms with van der Waals surface area (Å²) in [6, 6.07) is 11.8. The molecule has 2 amide bonds. The quantitative estimate of drug-likeness (QED) is 0.825. The van der Waals surface area contributed by atoms with Crippen LogP contribution in [-0.2, 0) is 17.7 Å². The van der Waals surface area contributed by atoms with Gasteiger partial charge in [-0.05, 0) is 67.1 Å². The van der Waals surface area contributed by atoms with E-state index in [1.165, 1.54) is 5.56 Å². The van der Waals surface area contributed by atoms with Crippen molar-refractivity contribution in [2.75, 3.05) is 32.2 Å². The van der Waals surface area contributed by atoms with Gasteiger partial charge in [0.2, 0.25) is 0 Å². The Balaban J connectivity index is 1.43. The van der Waals surface area contributed by atoms with Gasteiger partial charge in [-0.15, -0.1) is 0 Å². The van der Waals surface area contributed by atoms with Gasteiger partial charge in [0.1, 0.15) is 18.1 Å². The fourth-order valence-corrected chi connectivity index (χ4v) is 3.84. The van der Waals surface area contributed by atoms with Gasteiger partial charge in [-0.2, -0.15) is 0 Å². The first kappa shape index (κ1) is 19.6. The van der Waals surface area contributed by atoms with Crippen LogP contribution in [0.1, 0.15) is 29.5 Å². The number of rotatable bonds is 5. The first-order valence-corrected chi connectivity index (χ1v) is 10.2. The number of urea groups is 1. The molecule has 2 aliphatic heterocycles. The Bertz CT molecular complexity index is 877. The number of carbonyl (C=O) groups is 1. The molecule has 2 aromatic rings. The van der Waals surface area contributed by atoms with Crippen LogP contribution in [0.3, 0.4) is 0 Å². The van der Waals surface area contributed by atoms with Crippen LogP contribution in [0.25, 0.3) is 0 Å². The standard InChI is InChI=1S/C23H28N2O4/c1-16-5-8-21(22(12-16)29-15-20-4-3-11-28-20)24-23(26)25-10-9-17-6-7-19(27-2)13-18(17)14-25/h5-8,12-13,20H,3-4,9-11,14-15H2,1-2H3,(H,24,26)/t20-/m0/s1. The number of ether oxygens (including phenoxy) is 3. The van der Waals surface area contributed by atoms with Crippen LogP contribution < -0.4 is 14.8 Å². The highest BCUT2D eigenvalue weighted by atomic mass is 16.5. The van der Waals surface area contributed by atoms with Gasteiger partial charge >= 0.3 is 6.03 Å². The average molecular weight is 396 g/mol. The zero-order valence-electron chi connectivity index (χ0n) is 17.1. The highest BCUT2D eigenvalue weighted by Crippen LogP contribution is 2.29. The molecule has 154 valence electrons. The molecule has 0 spiro atoms.